The Morgan fingerprint density at radius 3 is 2.66 bits per heavy atom. The summed E-state index contributed by atoms with van der Waals surface area (Å²) in [4.78, 5) is 18.5. The molecule has 11 heteroatoms. The Labute approximate surface area is 182 Å². The summed E-state index contributed by atoms with van der Waals surface area (Å²) in [5, 5.41) is 8.08. The van der Waals surface area contributed by atoms with Crippen LogP contribution < -0.4 is 10.6 Å². The number of anilines is 1. The van der Waals surface area contributed by atoms with Crippen LogP contribution in [0.1, 0.15) is 32.4 Å². The van der Waals surface area contributed by atoms with Gasteiger partial charge in [-0.3, -0.25) is 4.40 Å². The maximum atomic E-state index is 13.1. The van der Waals surface area contributed by atoms with Crippen molar-refractivity contribution < 1.29 is 13.2 Å². The van der Waals surface area contributed by atoms with Crippen LogP contribution >= 0.6 is 0 Å². The zero-order valence-electron chi connectivity index (χ0n) is 17.7. The van der Waals surface area contributed by atoms with Gasteiger partial charge in [0, 0.05) is 42.8 Å². The summed E-state index contributed by atoms with van der Waals surface area (Å²) in [6.45, 7) is 4.97. The topological polar surface area (TPSA) is 109 Å². The first-order valence-corrected chi connectivity index (χ1v) is 10.2. The Bertz CT molecular complexity index is 1190. The van der Waals surface area contributed by atoms with Gasteiger partial charge in [-0.1, -0.05) is 0 Å². The molecule has 168 valence electrons. The van der Waals surface area contributed by atoms with Crippen molar-refractivity contribution in [1.29, 1.82) is 5.41 Å². The molecule has 4 rings (SSSR count). The van der Waals surface area contributed by atoms with E-state index < -0.39 is 11.9 Å². The fourth-order valence-electron chi connectivity index (χ4n) is 4.19. The average molecular weight is 444 g/mol. The predicted octanol–water partition coefficient (Wildman–Crippen LogP) is 3.69. The third-order valence-electron chi connectivity index (χ3n) is 5.54. The third kappa shape index (κ3) is 4.14. The zero-order valence-corrected chi connectivity index (χ0v) is 17.7. The maximum absolute atomic E-state index is 13.1. The van der Waals surface area contributed by atoms with Crippen molar-refractivity contribution in [2.45, 2.75) is 32.9 Å². The zero-order chi connectivity index (χ0) is 23.0. The first-order chi connectivity index (χ1) is 15.1. The molecule has 0 saturated carbocycles. The largest absolute Gasteiger partial charge is 0.434 e. The Hall–Kier alpha value is -3.50. The SMILES string of the molecule is CC(=N)C(=C(C)N)C1CCCN(c2ccnc(-c3cnc4cnc(C(F)(F)F)cn34)n2)C1. The lowest BCUT2D eigenvalue weighted by molar-refractivity contribution is -0.141. The lowest BCUT2D eigenvalue weighted by Crippen LogP contribution is -2.38. The van der Waals surface area contributed by atoms with E-state index >= 15 is 0 Å². The van der Waals surface area contributed by atoms with Crippen LogP contribution in [0.2, 0.25) is 0 Å². The number of fused-ring (bicyclic) bond motifs is 1. The molecule has 0 aliphatic carbocycles. The normalized spacial score (nSPS) is 18.0. The van der Waals surface area contributed by atoms with Crippen LogP contribution in [0.25, 0.3) is 17.2 Å². The molecule has 0 bridgehead atoms. The quantitative estimate of drug-likeness (QED) is 0.594. The van der Waals surface area contributed by atoms with Gasteiger partial charge in [-0.25, -0.2) is 19.9 Å². The van der Waals surface area contributed by atoms with Gasteiger partial charge in [0.1, 0.15) is 11.5 Å². The number of nitrogens with zero attached hydrogens (tertiary/aromatic N) is 6. The minimum absolute atomic E-state index is 0.112. The van der Waals surface area contributed by atoms with Crippen LogP contribution in [0, 0.1) is 11.3 Å². The second kappa shape index (κ2) is 8.21. The van der Waals surface area contributed by atoms with Crippen LogP contribution in [0.5, 0.6) is 0 Å². The predicted molar refractivity (Wildman–Crippen MR) is 114 cm³/mol. The summed E-state index contributed by atoms with van der Waals surface area (Å²) < 4.78 is 40.6. The fourth-order valence-corrected chi connectivity index (χ4v) is 4.19. The molecular weight excluding hydrogens is 421 g/mol. The fraction of sp³-hybridized carbons (Fsp3) is 0.381. The molecule has 3 aromatic heterocycles. The van der Waals surface area contributed by atoms with E-state index in [1.807, 2.05) is 6.92 Å². The first kappa shape index (κ1) is 21.7. The van der Waals surface area contributed by atoms with Crippen molar-refractivity contribution in [3.8, 4) is 11.5 Å². The van der Waals surface area contributed by atoms with E-state index in [1.165, 1.54) is 10.6 Å². The number of aromatic nitrogens is 5. The monoisotopic (exact) mass is 444 g/mol. The van der Waals surface area contributed by atoms with Crippen molar-refractivity contribution in [3.63, 3.8) is 0 Å². The van der Waals surface area contributed by atoms with Gasteiger partial charge in [-0.15, -0.1) is 0 Å². The summed E-state index contributed by atoms with van der Waals surface area (Å²) in [7, 11) is 0. The van der Waals surface area contributed by atoms with Gasteiger partial charge < -0.3 is 16.0 Å². The Morgan fingerprint density at radius 1 is 1.19 bits per heavy atom. The Morgan fingerprint density at radius 2 is 1.97 bits per heavy atom. The maximum Gasteiger partial charge on any atom is 0.434 e. The molecule has 0 amide bonds. The molecule has 1 aliphatic rings. The van der Waals surface area contributed by atoms with Crippen molar-refractivity contribution in [2.24, 2.45) is 11.7 Å². The second-order valence-electron chi connectivity index (χ2n) is 7.89. The number of imidazole rings is 1. The standard InChI is InChI=1S/C21H23F3N8/c1-12(25)19(13(2)26)14-4-3-7-31(10-14)17-5-6-27-20(30-17)15-8-29-18-9-28-16(11-32(15)18)21(22,23)24/h5-6,8-9,11,14,25H,3-4,7,10,26H2,1-2H3. The molecule has 8 nitrogen and oxygen atoms in total. The summed E-state index contributed by atoms with van der Waals surface area (Å²) in [6, 6.07) is 1.77. The number of hydrogen-bond donors (Lipinski definition) is 2. The molecule has 3 N–H and O–H groups in total. The van der Waals surface area contributed by atoms with Gasteiger partial charge in [-0.2, -0.15) is 13.2 Å². The number of rotatable bonds is 4. The van der Waals surface area contributed by atoms with Gasteiger partial charge in [-0.05, 0) is 38.3 Å². The molecule has 1 unspecified atom stereocenters. The highest BCUT2D eigenvalue weighted by molar-refractivity contribution is 5.96. The lowest BCUT2D eigenvalue weighted by atomic mass is 9.87. The van der Waals surface area contributed by atoms with Crippen LogP contribution in [0.3, 0.4) is 0 Å². The molecule has 1 atom stereocenters. The van der Waals surface area contributed by atoms with Gasteiger partial charge >= 0.3 is 6.18 Å². The van der Waals surface area contributed by atoms with Crippen molar-refractivity contribution >= 4 is 17.2 Å². The van der Waals surface area contributed by atoms with Gasteiger partial charge in [0.2, 0.25) is 0 Å². The molecular formula is C21H23F3N8. The van der Waals surface area contributed by atoms with Crippen LogP contribution in [-0.2, 0) is 6.18 Å². The lowest BCUT2D eigenvalue weighted by Gasteiger charge is -2.35. The van der Waals surface area contributed by atoms with E-state index in [9.17, 15) is 13.2 Å². The summed E-state index contributed by atoms with van der Waals surface area (Å²) in [6.07, 6.45) is 2.26. The van der Waals surface area contributed by atoms with E-state index in [0.29, 0.717) is 29.5 Å². The Balaban J connectivity index is 1.67. The highest BCUT2D eigenvalue weighted by Gasteiger charge is 2.33. The van der Waals surface area contributed by atoms with Crippen LogP contribution in [0.4, 0.5) is 19.0 Å². The molecule has 1 aliphatic heterocycles. The van der Waals surface area contributed by atoms with Crippen molar-refractivity contribution in [3.05, 3.63) is 47.8 Å². The van der Waals surface area contributed by atoms with Crippen molar-refractivity contribution in [2.75, 3.05) is 18.0 Å². The van der Waals surface area contributed by atoms with E-state index in [1.54, 1.807) is 19.2 Å². The van der Waals surface area contributed by atoms with Crippen molar-refractivity contribution in [1.82, 2.24) is 24.3 Å². The molecule has 1 fully saturated rings. The highest BCUT2D eigenvalue weighted by atomic mass is 19.4. The number of piperidine rings is 1. The van der Waals surface area contributed by atoms with E-state index in [0.717, 1.165) is 37.4 Å². The van der Waals surface area contributed by atoms with Crippen LogP contribution in [0.15, 0.2) is 42.1 Å². The second-order valence-corrected chi connectivity index (χ2v) is 7.89. The summed E-state index contributed by atoms with van der Waals surface area (Å²) in [5.41, 5.74) is 7.60. The molecule has 1 saturated heterocycles. The number of halogens is 3. The minimum atomic E-state index is -4.57. The number of hydrogen-bond acceptors (Lipinski definition) is 7. The number of alkyl halides is 3. The van der Waals surface area contributed by atoms with Crippen LogP contribution in [-0.4, -0.2) is 43.1 Å². The molecule has 0 radical (unpaired) electrons. The molecule has 0 spiro atoms. The van der Waals surface area contributed by atoms with Gasteiger partial charge in [0.15, 0.2) is 17.2 Å². The summed E-state index contributed by atoms with van der Waals surface area (Å²) in [5.74, 6) is 1.04. The molecule has 0 aromatic carbocycles. The minimum Gasteiger partial charge on any atom is -0.402 e. The number of allylic oxidation sites excluding steroid dienone is 1. The molecule has 4 heterocycles. The molecule has 32 heavy (non-hydrogen) atoms. The third-order valence-corrected chi connectivity index (χ3v) is 5.54. The van der Waals surface area contributed by atoms with Gasteiger partial charge in [0.25, 0.3) is 0 Å². The average Bonchev–Trinajstić information content (AvgIpc) is 3.16. The van der Waals surface area contributed by atoms with E-state index in [4.69, 9.17) is 11.1 Å². The van der Waals surface area contributed by atoms with E-state index in [-0.39, 0.29) is 17.4 Å². The highest BCUT2D eigenvalue weighted by Crippen LogP contribution is 2.30. The van der Waals surface area contributed by atoms with Gasteiger partial charge in [0.05, 0.1) is 12.4 Å². The first-order valence-electron chi connectivity index (χ1n) is 10.2. The molecule has 3 aromatic rings. The number of nitrogens with one attached hydrogen (secondary N) is 1. The number of nitrogens with two attached hydrogens (primary N) is 1. The smallest absolute Gasteiger partial charge is 0.402 e. The summed E-state index contributed by atoms with van der Waals surface area (Å²) >= 11 is 0. The van der Waals surface area contributed by atoms with E-state index in [2.05, 4.69) is 24.8 Å². The Kier molecular flexibility index (Phi) is 5.57.